The molecule has 0 aromatic carbocycles. The van der Waals surface area contributed by atoms with Crippen LogP contribution in [0, 0.1) is 10.1 Å². The SMILES string of the molecule is COC(=O)CN(c1ncnc(OC)c1[N+](=O)[O-])C(C)C. The highest BCUT2D eigenvalue weighted by Crippen LogP contribution is 2.33. The van der Waals surface area contributed by atoms with Gasteiger partial charge in [0.2, 0.25) is 5.82 Å². The van der Waals surface area contributed by atoms with Gasteiger partial charge in [0, 0.05) is 6.04 Å². The molecule has 0 spiro atoms. The predicted octanol–water partition coefficient (Wildman–Crippen LogP) is 0.781. The molecule has 1 heterocycles. The second-order valence-corrected chi connectivity index (χ2v) is 4.11. The first-order chi connectivity index (χ1) is 9.42. The quantitative estimate of drug-likeness (QED) is 0.428. The number of nitro groups is 1. The minimum absolute atomic E-state index is 0.0160. The molecular formula is C11H16N4O5. The van der Waals surface area contributed by atoms with Crippen molar-refractivity contribution < 1.29 is 19.2 Å². The van der Waals surface area contributed by atoms with Crippen molar-refractivity contribution in [2.45, 2.75) is 19.9 Å². The summed E-state index contributed by atoms with van der Waals surface area (Å²) in [5.74, 6) is -0.664. The van der Waals surface area contributed by atoms with Crippen molar-refractivity contribution in [3.63, 3.8) is 0 Å². The largest absolute Gasteiger partial charge is 0.476 e. The maximum absolute atomic E-state index is 11.4. The number of nitrogens with zero attached hydrogens (tertiary/aromatic N) is 4. The molecule has 0 saturated carbocycles. The zero-order valence-corrected chi connectivity index (χ0v) is 11.7. The van der Waals surface area contributed by atoms with Crippen LogP contribution >= 0.6 is 0 Å². The average molecular weight is 284 g/mol. The summed E-state index contributed by atoms with van der Waals surface area (Å²) in [4.78, 5) is 31.0. The molecular weight excluding hydrogens is 268 g/mol. The topological polar surface area (TPSA) is 108 Å². The number of ether oxygens (including phenoxy) is 2. The van der Waals surface area contributed by atoms with Gasteiger partial charge in [-0.05, 0) is 13.8 Å². The van der Waals surface area contributed by atoms with Crippen LogP contribution in [0.1, 0.15) is 13.8 Å². The molecule has 0 aliphatic rings. The molecule has 0 unspecified atom stereocenters. The fraction of sp³-hybridized carbons (Fsp3) is 0.545. The summed E-state index contributed by atoms with van der Waals surface area (Å²) in [6, 6.07) is -0.201. The van der Waals surface area contributed by atoms with Gasteiger partial charge in [0.15, 0.2) is 0 Å². The van der Waals surface area contributed by atoms with Gasteiger partial charge in [-0.15, -0.1) is 0 Å². The van der Waals surface area contributed by atoms with Crippen LogP contribution in [-0.4, -0.2) is 47.7 Å². The van der Waals surface area contributed by atoms with Crippen molar-refractivity contribution in [3.8, 4) is 5.88 Å². The minimum Gasteiger partial charge on any atom is -0.476 e. The highest BCUT2D eigenvalue weighted by atomic mass is 16.6. The molecule has 0 saturated heterocycles. The second kappa shape index (κ2) is 6.64. The zero-order chi connectivity index (χ0) is 15.3. The second-order valence-electron chi connectivity index (χ2n) is 4.11. The lowest BCUT2D eigenvalue weighted by molar-refractivity contribution is -0.385. The van der Waals surface area contributed by atoms with Crippen molar-refractivity contribution >= 4 is 17.5 Å². The molecule has 9 nitrogen and oxygen atoms in total. The van der Waals surface area contributed by atoms with Crippen molar-refractivity contribution in [2.24, 2.45) is 0 Å². The number of anilines is 1. The van der Waals surface area contributed by atoms with E-state index in [0.29, 0.717) is 0 Å². The van der Waals surface area contributed by atoms with Gasteiger partial charge in [-0.25, -0.2) is 4.98 Å². The standard InChI is InChI=1S/C11H16N4O5/c1-7(2)14(5-8(16)19-3)10-9(15(17)18)11(20-4)13-6-12-10/h6-7H,5H2,1-4H3. The Bertz CT molecular complexity index is 506. The molecule has 0 aliphatic heterocycles. The average Bonchev–Trinajstić information content (AvgIpc) is 2.42. The van der Waals surface area contributed by atoms with Crippen LogP contribution in [-0.2, 0) is 9.53 Å². The van der Waals surface area contributed by atoms with Crippen LogP contribution in [0.4, 0.5) is 11.5 Å². The molecule has 20 heavy (non-hydrogen) atoms. The van der Waals surface area contributed by atoms with Gasteiger partial charge in [-0.3, -0.25) is 14.9 Å². The molecule has 9 heteroatoms. The van der Waals surface area contributed by atoms with E-state index in [1.54, 1.807) is 13.8 Å². The summed E-state index contributed by atoms with van der Waals surface area (Å²) < 4.78 is 9.46. The Morgan fingerprint density at radius 2 is 2.10 bits per heavy atom. The lowest BCUT2D eigenvalue weighted by Crippen LogP contribution is -2.37. The fourth-order valence-electron chi connectivity index (χ4n) is 1.58. The molecule has 0 N–H and O–H groups in total. The first-order valence-electron chi connectivity index (χ1n) is 5.79. The number of hydrogen-bond acceptors (Lipinski definition) is 8. The number of esters is 1. The third-order valence-corrected chi connectivity index (χ3v) is 2.57. The molecule has 0 atom stereocenters. The Morgan fingerprint density at radius 1 is 1.45 bits per heavy atom. The fourth-order valence-corrected chi connectivity index (χ4v) is 1.58. The van der Waals surface area contributed by atoms with E-state index < -0.39 is 10.9 Å². The number of rotatable bonds is 6. The molecule has 1 rings (SSSR count). The summed E-state index contributed by atoms with van der Waals surface area (Å²) in [6.07, 6.45) is 1.15. The van der Waals surface area contributed by atoms with Crippen molar-refractivity contribution in [3.05, 3.63) is 16.4 Å². The van der Waals surface area contributed by atoms with E-state index >= 15 is 0 Å². The smallest absolute Gasteiger partial charge is 0.372 e. The Balaban J connectivity index is 3.32. The van der Waals surface area contributed by atoms with E-state index in [9.17, 15) is 14.9 Å². The maximum atomic E-state index is 11.4. The number of carbonyl (C=O) groups excluding carboxylic acids is 1. The Kier molecular flexibility index (Phi) is 5.18. The summed E-state index contributed by atoms with van der Waals surface area (Å²) in [5, 5.41) is 11.2. The van der Waals surface area contributed by atoms with Crippen LogP contribution in [0.25, 0.3) is 0 Å². The maximum Gasteiger partial charge on any atom is 0.372 e. The Hall–Kier alpha value is -2.45. The van der Waals surface area contributed by atoms with E-state index in [2.05, 4.69) is 14.7 Å². The molecule has 0 amide bonds. The van der Waals surface area contributed by atoms with Gasteiger partial charge < -0.3 is 14.4 Å². The van der Waals surface area contributed by atoms with Gasteiger partial charge in [-0.2, -0.15) is 4.98 Å². The first-order valence-corrected chi connectivity index (χ1v) is 5.79. The van der Waals surface area contributed by atoms with E-state index in [0.717, 1.165) is 6.33 Å². The lowest BCUT2D eigenvalue weighted by atomic mass is 10.3. The predicted molar refractivity (Wildman–Crippen MR) is 69.7 cm³/mol. The van der Waals surface area contributed by atoms with Crippen LogP contribution in [0.15, 0.2) is 6.33 Å². The van der Waals surface area contributed by atoms with Crippen LogP contribution < -0.4 is 9.64 Å². The van der Waals surface area contributed by atoms with Crippen molar-refractivity contribution in [1.82, 2.24) is 9.97 Å². The lowest BCUT2D eigenvalue weighted by Gasteiger charge is -2.26. The molecule has 1 aromatic heterocycles. The first kappa shape index (κ1) is 15.6. The van der Waals surface area contributed by atoms with Crippen LogP contribution in [0.3, 0.4) is 0 Å². The summed E-state index contributed by atoms with van der Waals surface area (Å²) in [5.41, 5.74) is -0.382. The number of aromatic nitrogens is 2. The van der Waals surface area contributed by atoms with E-state index in [1.165, 1.54) is 19.1 Å². The zero-order valence-electron chi connectivity index (χ0n) is 11.7. The van der Waals surface area contributed by atoms with Gasteiger partial charge in [0.25, 0.3) is 5.88 Å². The monoisotopic (exact) mass is 284 g/mol. The highest BCUT2D eigenvalue weighted by molar-refractivity contribution is 5.77. The van der Waals surface area contributed by atoms with E-state index in [-0.39, 0.29) is 30.0 Å². The third-order valence-electron chi connectivity index (χ3n) is 2.57. The molecule has 0 aliphatic carbocycles. The molecule has 110 valence electrons. The summed E-state index contributed by atoms with van der Waals surface area (Å²) in [6.45, 7) is 3.40. The summed E-state index contributed by atoms with van der Waals surface area (Å²) in [7, 11) is 2.52. The van der Waals surface area contributed by atoms with Crippen molar-refractivity contribution in [2.75, 3.05) is 25.7 Å². The number of carbonyl (C=O) groups is 1. The third kappa shape index (κ3) is 3.31. The normalized spacial score (nSPS) is 10.2. The van der Waals surface area contributed by atoms with Crippen LogP contribution in [0.5, 0.6) is 5.88 Å². The van der Waals surface area contributed by atoms with Crippen LogP contribution in [0.2, 0.25) is 0 Å². The molecule has 0 bridgehead atoms. The highest BCUT2D eigenvalue weighted by Gasteiger charge is 2.30. The molecule has 0 fully saturated rings. The van der Waals surface area contributed by atoms with Gasteiger partial charge in [0.1, 0.15) is 12.9 Å². The van der Waals surface area contributed by atoms with Gasteiger partial charge in [0.05, 0.1) is 19.1 Å². The minimum atomic E-state index is -0.638. The Labute approximate surface area is 115 Å². The van der Waals surface area contributed by atoms with Gasteiger partial charge in [-0.1, -0.05) is 0 Å². The molecule has 1 aromatic rings. The molecule has 0 radical (unpaired) electrons. The number of hydrogen-bond donors (Lipinski definition) is 0. The van der Waals surface area contributed by atoms with Crippen molar-refractivity contribution in [1.29, 1.82) is 0 Å². The number of methoxy groups -OCH3 is 2. The summed E-state index contributed by atoms with van der Waals surface area (Å²) >= 11 is 0. The Morgan fingerprint density at radius 3 is 2.55 bits per heavy atom. The van der Waals surface area contributed by atoms with E-state index in [1.807, 2.05) is 0 Å². The van der Waals surface area contributed by atoms with E-state index in [4.69, 9.17) is 4.74 Å². The van der Waals surface area contributed by atoms with Gasteiger partial charge >= 0.3 is 11.7 Å².